The number of fused-ring (bicyclic) bond motifs is 1. The minimum Gasteiger partial charge on any atom is -0.310 e. The molecule has 0 bridgehead atoms. The maximum atomic E-state index is 6.06. The Kier molecular flexibility index (Phi) is 3.69. The van der Waals surface area contributed by atoms with Crippen molar-refractivity contribution in [1.82, 2.24) is 19.4 Å². The number of aryl methyl sites for hydroxylation is 1. The van der Waals surface area contributed by atoms with Crippen LogP contribution in [0.2, 0.25) is 0 Å². The number of hydrogen-bond donors (Lipinski definition) is 0. The smallest absolute Gasteiger partial charge is 0.160 e. The molecular formula is C15H21ClN4. The monoisotopic (exact) mass is 292 g/mol. The summed E-state index contributed by atoms with van der Waals surface area (Å²) in [6, 6.07) is 3.30. The van der Waals surface area contributed by atoms with Gasteiger partial charge in [-0.1, -0.05) is 0 Å². The lowest BCUT2D eigenvalue weighted by Gasteiger charge is -2.25. The van der Waals surface area contributed by atoms with E-state index in [1.165, 1.54) is 12.8 Å². The lowest BCUT2D eigenvalue weighted by molar-refractivity contribution is 0.226. The Morgan fingerprint density at radius 3 is 2.90 bits per heavy atom. The van der Waals surface area contributed by atoms with Gasteiger partial charge in [-0.25, -0.2) is 9.97 Å². The van der Waals surface area contributed by atoms with Gasteiger partial charge in [0.25, 0.3) is 0 Å². The third-order valence-electron chi connectivity index (χ3n) is 4.19. The summed E-state index contributed by atoms with van der Waals surface area (Å²) in [5.74, 6) is 1.34. The molecule has 2 heterocycles. The normalized spacial score (nSPS) is 17.1. The fraction of sp³-hybridized carbons (Fsp3) is 0.600. The highest BCUT2D eigenvalue weighted by atomic mass is 35.5. The predicted molar refractivity (Wildman–Crippen MR) is 82.1 cm³/mol. The molecule has 1 aliphatic carbocycles. The highest BCUT2D eigenvalue weighted by molar-refractivity contribution is 6.16. The third-order valence-corrected chi connectivity index (χ3v) is 4.42. The van der Waals surface area contributed by atoms with E-state index in [0.717, 1.165) is 35.1 Å². The first kappa shape index (κ1) is 13.8. The lowest BCUT2D eigenvalue weighted by atomic mass is 10.2. The lowest BCUT2D eigenvalue weighted by Crippen LogP contribution is -2.34. The molecule has 2 aromatic heterocycles. The van der Waals surface area contributed by atoms with Crippen molar-refractivity contribution in [2.75, 3.05) is 7.05 Å². The Morgan fingerprint density at radius 1 is 1.50 bits per heavy atom. The largest absolute Gasteiger partial charge is 0.310 e. The molecule has 0 aromatic carbocycles. The van der Waals surface area contributed by atoms with E-state index in [4.69, 9.17) is 11.6 Å². The van der Waals surface area contributed by atoms with Crippen LogP contribution in [0.5, 0.6) is 0 Å². The van der Waals surface area contributed by atoms with Crippen molar-refractivity contribution < 1.29 is 0 Å². The molecule has 1 unspecified atom stereocenters. The van der Waals surface area contributed by atoms with Gasteiger partial charge >= 0.3 is 0 Å². The molecule has 20 heavy (non-hydrogen) atoms. The Morgan fingerprint density at radius 2 is 2.25 bits per heavy atom. The number of rotatable bonds is 5. The number of nitrogens with zero attached hydrogens (tertiary/aromatic N) is 4. The van der Waals surface area contributed by atoms with Crippen LogP contribution < -0.4 is 0 Å². The Labute approximate surface area is 124 Å². The molecule has 2 aromatic rings. The summed E-state index contributed by atoms with van der Waals surface area (Å²) in [6.45, 7) is 5.19. The second-order valence-corrected chi connectivity index (χ2v) is 6.14. The SMILES string of the molecule is Cc1cnc2c(c1)nc(CCl)n2CC(C)N(C)C1CC1. The number of pyridine rings is 1. The molecule has 0 spiro atoms. The second-order valence-electron chi connectivity index (χ2n) is 5.87. The van der Waals surface area contributed by atoms with Crippen LogP contribution in [0.4, 0.5) is 0 Å². The molecule has 1 saturated carbocycles. The summed E-state index contributed by atoms with van der Waals surface area (Å²) in [6.07, 6.45) is 4.55. The van der Waals surface area contributed by atoms with E-state index in [2.05, 4.69) is 39.5 Å². The van der Waals surface area contributed by atoms with E-state index in [0.29, 0.717) is 11.9 Å². The first-order chi connectivity index (χ1) is 9.60. The van der Waals surface area contributed by atoms with Crippen molar-refractivity contribution in [2.45, 2.75) is 51.2 Å². The predicted octanol–water partition coefficient (Wildman–Crippen LogP) is 2.96. The minimum atomic E-state index is 0.426. The second kappa shape index (κ2) is 5.34. The molecule has 0 amide bonds. The van der Waals surface area contributed by atoms with Crippen LogP contribution in [-0.4, -0.2) is 38.6 Å². The van der Waals surface area contributed by atoms with Crippen LogP contribution in [0.25, 0.3) is 11.2 Å². The van der Waals surface area contributed by atoms with Crippen LogP contribution >= 0.6 is 11.6 Å². The molecular weight excluding hydrogens is 272 g/mol. The van der Waals surface area contributed by atoms with E-state index in [9.17, 15) is 0 Å². The molecule has 0 N–H and O–H groups in total. The number of halogens is 1. The molecule has 108 valence electrons. The third kappa shape index (κ3) is 2.54. The topological polar surface area (TPSA) is 34.0 Å². The molecule has 1 atom stereocenters. The van der Waals surface area contributed by atoms with Gasteiger partial charge in [-0.05, 0) is 45.4 Å². The first-order valence-corrected chi connectivity index (χ1v) is 7.73. The Bertz CT molecular complexity index is 618. The van der Waals surface area contributed by atoms with Crippen molar-refractivity contribution in [3.05, 3.63) is 23.7 Å². The van der Waals surface area contributed by atoms with E-state index in [1.54, 1.807) is 0 Å². The molecule has 0 saturated heterocycles. The van der Waals surface area contributed by atoms with Gasteiger partial charge in [-0.2, -0.15) is 0 Å². The van der Waals surface area contributed by atoms with Gasteiger partial charge in [-0.15, -0.1) is 11.6 Å². The number of hydrogen-bond acceptors (Lipinski definition) is 3. The summed E-state index contributed by atoms with van der Waals surface area (Å²) in [4.78, 5) is 11.6. The average Bonchev–Trinajstić information content (AvgIpc) is 3.22. The zero-order valence-electron chi connectivity index (χ0n) is 12.3. The Hall–Kier alpha value is -1.13. The molecule has 5 heteroatoms. The van der Waals surface area contributed by atoms with Crippen molar-refractivity contribution in [1.29, 1.82) is 0 Å². The summed E-state index contributed by atoms with van der Waals surface area (Å²) < 4.78 is 2.17. The molecule has 0 radical (unpaired) electrons. The van der Waals surface area contributed by atoms with Crippen LogP contribution in [0, 0.1) is 6.92 Å². The number of aromatic nitrogens is 3. The van der Waals surface area contributed by atoms with Gasteiger partial charge in [-0.3, -0.25) is 4.90 Å². The van der Waals surface area contributed by atoms with Gasteiger partial charge in [0.1, 0.15) is 11.3 Å². The molecule has 3 rings (SSSR count). The highest BCUT2D eigenvalue weighted by Gasteiger charge is 2.29. The highest BCUT2D eigenvalue weighted by Crippen LogP contribution is 2.28. The summed E-state index contributed by atoms with van der Waals surface area (Å²) in [5, 5.41) is 0. The van der Waals surface area contributed by atoms with Gasteiger partial charge < -0.3 is 4.57 Å². The van der Waals surface area contributed by atoms with E-state index in [1.807, 2.05) is 13.1 Å². The fourth-order valence-corrected chi connectivity index (χ4v) is 2.89. The number of likely N-dealkylation sites (N-methyl/N-ethyl adjacent to an activating group) is 1. The molecule has 1 aliphatic rings. The van der Waals surface area contributed by atoms with Gasteiger partial charge in [0.15, 0.2) is 5.65 Å². The summed E-state index contributed by atoms with van der Waals surface area (Å²) >= 11 is 6.06. The van der Waals surface area contributed by atoms with Crippen molar-refractivity contribution in [2.24, 2.45) is 0 Å². The first-order valence-electron chi connectivity index (χ1n) is 7.20. The van der Waals surface area contributed by atoms with E-state index >= 15 is 0 Å². The van der Waals surface area contributed by atoms with Gasteiger partial charge in [0.2, 0.25) is 0 Å². The van der Waals surface area contributed by atoms with Crippen LogP contribution in [0.3, 0.4) is 0 Å². The van der Waals surface area contributed by atoms with Crippen LogP contribution in [0.15, 0.2) is 12.3 Å². The maximum Gasteiger partial charge on any atom is 0.160 e. The zero-order valence-corrected chi connectivity index (χ0v) is 13.1. The van der Waals surface area contributed by atoms with Gasteiger partial charge in [0, 0.05) is 24.8 Å². The quantitative estimate of drug-likeness (QED) is 0.795. The van der Waals surface area contributed by atoms with Gasteiger partial charge in [0.05, 0.1) is 5.88 Å². The summed E-state index contributed by atoms with van der Waals surface area (Å²) in [7, 11) is 2.21. The minimum absolute atomic E-state index is 0.426. The standard InChI is InChI=1S/C15H21ClN4/c1-10-6-13-15(17-8-10)20(14(7-16)18-13)9-11(2)19(3)12-4-5-12/h6,8,11-12H,4-5,7,9H2,1-3H3. The van der Waals surface area contributed by atoms with Crippen molar-refractivity contribution in [3.63, 3.8) is 0 Å². The van der Waals surface area contributed by atoms with Crippen LogP contribution in [-0.2, 0) is 12.4 Å². The zero-order chi connectivity index (χ0) is 14.3. The molecule has 1 fully saturated rings. The van der Waals surface area contributed by atoms with Crippen molar-refractivity contribution >= 4 is 22.8 Å². The van der Waals surface area contributed by atoms with Crippen LogP contribution in [0.1, 0.15) is 31.2 Å². The van der Waals surface area contributed by atoms with Crippen molar-refractivity contribution in [3.8, 4) is 0 Å². The molecule has 4 nitrogen and oxygen atoms in total. The average molecular weight is 293 g/mol. The van der Waals surface area contributed by atoms with E-state index < -0.39 is 0 Å². The number of imidazole rings is 1. The van der Waals surface area contributed by atoms with E-state index in [-0.39, 0.29) is 0 Å². The molecule has 0 aliphatic heterocycles. The fourth-order valence-electron chi connectivity index (χ4n) is 2.69. The number of alkyl halides is 1. The maximum absolute atomic E-state index is 6.06. The summed E-state index contributed by atoms with van der Waals surface area (Å²) in [5.41, 5.74) is 3.02. The Balaban J connectivity index is 1.92.